The molecule has 0 aliphatic carbocycles. The van der Waals surface area contributed by atoms with Gasteiger partial charge >= 0.3 is 5.97 Å². The number of hydrogen-bond acceptors (Lipinski definition) is 7. The van der Waals surface area contributed by atoms with Gasteiger partial charge in [0.05, 0.1) is 27.0 Å². The van der Waals surface area contributed by atoms with Crippen molar-refractivity contribution in [2.24, 2.45) is 16.2 Å². The summed E-state index contributed by atoms with van der Waals surface area (Å²) in [6, 6.07) is 0. The summed E-state index contributed by atoms with van der Waals surface area (Å²) in [4.78, 5) is 28.4. The molecule has 1 atom stereocenters. The van der Waals surface area contributed by atoms with E-state index in [4.69, 9.17) is 4.74 Å². The van der Waals surface area contributed by atoms with E-state index in [2.05, 4.69) is 36.4 Å². The Labute approximate surface area is 174 Å². The lowest BCUT2D eigenvalue weighted by Gasteiger charge is -2.36. The summed E-state index contributed by atoms with van der Waals surface area (Å²) in [6.07, 6.45) is 3.51. The van der Waals surface area contributed by atoms with E-state index in [1.54, 1.807) is 45.7 Å². The summed E-state index contributed by atoms with van der Waals surface area (Å²) in [7, 11) is 0. The minimum absolute atomic E-state index is 0.0368. The SMILES string of the molecule is CC(C)(C)C1=CNC(CSc2cnc(NC(=O)C(C)(C)C(C)(C)C(=O)O)s2)O1. The van der Waals surface area contributed by atoms with E-state index in [1.165, 1.54) is 11.3 Å². The fourth-order valence-corrected chi connectivity index (χ4v) is 4.04. The molecule has 0 spiro atoms. The smallest absolute Gasteiger partial charge is 0.310 e. The lowest BCUT2D eigenvalue weighted by atomic mass is 9.67. The van der Waals surface area contributed by atoms with Crippen LogP contribution in [0.2, 0.25) is 0 Å². The van der Waals surface area contributed by atoms with E-state index in [-0.39, 0.29) is 17.6 Å². The van der Waals surface area contributed by atoms with Crippen molar-refractivity contribution in [2.45, 2.75) is 58.9 Å². The number of anilines is 1. The average Bonchev–Trinajstić information content (AvgIpc) is 3.21. The standard InChI is InChI=1S/C19H29N3O4S2/c1-17(2,3)11-8-20-12(26-11)10-27-13-9-21-16(28-13)22-14(23)18(4,5)19(6,7)15(24)25/h8-9,12,20H,10H2,1-7H3,(H,24,25)(H,21,22,23). The molecule has 0 fully saturated rings. The number of amides is 1. The van der Waals surface area contributed by atoms with Gasteiger partial charge in [-0.1, -0.05) is 32.1 Å². The van der Waals surface area contributed by atoms with E-state index in [9.17, 15) is 14.7 Å². The minimum atomic E-state index is -1.21. The third-order valence-corrected chi connectivity index (χ3v) is 7.33. The molecule has 1 aliphatic rings. The van der Waals surface area contributed by atoms with Crippen molar-refractivity contribution in [3.05, 3.63) is 18.2 Å². The summed E-state index contributed by atoms with van der Waals surface area (Å²) in [5, 5.41) is 15.9. The number of carbonyl (C=O) groups excluding carboxylic acids is 1. The number of carboxylic acids is 1. The van der Waals surface area contributed by atoms with Crippen molar-refractivity contribution < 1.29 is 19.4 Å². The van der Waals surface area contributed by atoms with Crippen LogP contribution in [-0.2, 0) is 14.3 Å². The topological polar surface area (TPSA) is 101 Å². The molecule has 0 saturated carbocycles. The van der Waals surface area contributed by atoms with Gasteiger partial charge in [0.1, 0.15) is 5.76 Å². The molecule has 1 aromatic heterocycles. The molecule has 2 heterocycles. The van der Waals surface area contributed by atoms with Crippen LogP contribution < -0.4 is 10.6 Å². The van der Waals surface area contributed by atoms with Gasteiger partial charge in [-0.05, 0) is 27.7 Å². The van der Waals surface area contributed by atoms with Crippen LogP contribution in [0.4, 0.5) is 5.13 Å². The Hall–Kier alpha value is -1.74. The second-order valence-corrected chi connectivity index (χ2v) is 11.2. The van der Waals surface area contributed by atoms with Crippen LogP contribution in [0.1, 0.15) is 48.5 Å². The largest absolute Gasteiger partial charge is 0.481 e. The average molecular weight is 428 g/mol. The summed E-state index contributed by atoms with van der Waals surface area (Å²) in [5.74, 6) is 0.239. The van der Waals surface area contributed by atoms with Gasteiger partial charge in [-0.3, -0.25) is 9.59 Å². The predicted octanol–water partition coefficient (Wildman–Crippen LogP) is 4.14. The minimum Gasteiger partial charge on any atom is -0.481 e. The highest BCUT2D eigenvalue weighted by molar-refractivity contribution is 8.01. The number of rotatable bonds is 7. The maximum atomic E-state index is 12.6. The predicted molar refractivity (Wildman–Crippen MR) is 112 cm³/mol. The van der Waals surface area contributed by atoms with Crippen LogP contribution in [-0.4, -0.2) is 33.9 Å². The van der Waals surface area contributed by atoms with Crippen LogP contribution in [0.15, 0.2) is 22.4 Å². The third kappa shape index (κ3) is 4.81. The number of thioether (sulfide) groups is 1. The second-order valence-electron chi connectivity index (χ2n) is 8.84. The number of hydrogen-bond donors (Lipinski definition) is 3. The van der Waals surface area contributed by atoms with Crippen molar-refractivity contribution in [1.82, 2.24) is 10.3 Å². The Morgan fingerprint density at radius 1 is 1.25 bits per heavy atom. The molecule has 28 heavy (non-hydrogen) atoms. The number of aromatic nitrogens is 1. The van der Waals surface area contributed by atoms with E-state index >= 15 is 0 Å². The van der Waals surface area contributed by atoms with Crippen LogP contribution >= 0.6 is 23.1 Å². The zero-order valence-corrected chi connectivity index (χ0v) is 19.0. The zero-order valence-electron chi connectivity index (χ0n) is 17.4. The molecule has 3 N–H and O–H groups in total. The maximum Gasteiger partial charge on any atom is 0.310 e. The van der Waals surface area contributed by atoms with Crippen molar-refractivity contribution in [2.75, 3.05) is 11.1 Å². The first-order valence-corrected chi connectivity index (χ1v) is 10.8. The maximum absolute atomic E-state index is 12.6. The van der Waals surface area contributed by atoms with Gasteiger partial charge in [-0.15, -0.1) is 11.8 Å². The highest BCUT2D eigenvalue weighted by Crippen LogP contribution is 2.40. The Kier molecular flexibility index (Phi) is 6.40. The van der Waals surface area contributed by atoms with Gasteiger partial charge in [0.15, 0.2) is 11.4 Å². The summed E-state index contributed by atoms with van der Waals surface area (Å²) < 4.78 is 6.86. The Balaban J connectivity index is 1.91. The van der Waals surface area contributed by atoms with E-state index < -0.39 is 16.8 Å². The zero-order chi connectivity index (χ0) is 21.3. The van der Waals surface area contributed by atoms with Crippen LogP contribution in [0.3, 0.4) is 0 Å². The first kappa shape index (κ1) is 22.5. The number of carbonyl (C=O) groups is 2. The van der Waals surface area contributed by atoms with Crippen LogP contribution in [0.5, 0.6) is 0 Å². The number of nitrogens with zero attached hydrogens (tertiary/aromatic N) is 1. The first-order chi connectivity index (χ1) is 12.7. The van der Waals surface area contributed by atoms with Gasteiger partial charge in [-0.25, -0.2) is 4.98 Å². The van der Waals surface area contributed by atoms with Crippen LogP contribution in [0, 0.1) is 16.2 Å². The highest BCUT2D eigenvalue weighted by atomic mass is 32.2. The van der Waals surface area contributed by atoms with Gasteiger partial charge in [0.2, 0.25) is 5.91 Å². The summed E-state index contributed by atoms with van der Waals surface area (Å²) >= 11 is 2.94. The molecule has 1 aliphatic heterocycles. The number of aliphatic carboxylic acids is 1. The van der Waals surface area contributed by atoms with Gasteiger partial charge in [0.25, 0.3) is 0 Å². The monoisotopic (exact) mass is 427 g/mol. The number of allylic oxidation sites excluding steroid dienone is 1. The molecule has 0 radical (unpaired) electrons. The van der Waals surface area contributed by atoms with Gasteiger partial charge in [-0.2, -0.15) is 0 Å². The molecule has 1 unspecified atom stereocenters. The molecule has 1 aromatic rings. The molecule has 9 heteroatoms. The molecule has 0 aromatic carbocycles. The van der Waals surface area contributed by atoms with Gasteiger partial charge < -0.3 is 20.5 Å². The number of ether oxygens (including phenoxy) is 1. The Morgan fingerprint density at radius 3 is 2.43 bits per heavy atom. The van der Waals surface area contributed by atoms with Gasteiger partial charge in [0, 0.05) is 11.6 Å². The normalized spacial score (nSPS) is 17.5. The van der Waals surface area contributed by atoms with E-state index in [1.807, 2.05) is 6.20 Å². The molecular formula is C19H29N3O4S2. The number of nitrogens with one attached hydrogen (secondary N) is 2. The second kappa shape index (κ2) is 7.94. The Morgan fingerprint density at radius 2 is 1.89 bits per heavy atom. The molecule has 7 nitrogen and oxygen atoms in total. The highest BCUT2D eigenvalue weighted by Gasteiger charge is 2.48. The van der Waals surface area contributed by atoms with Crippen molar-refractivity contribution in [3.63, 3.8) is 0 Å². The summed E-state index contributed by atoms with van der Waals surface area (Å²) in [5.41, 5.74) is -2.35. The fourth-order valence-electron chi connectivity index (χ4n) is 2.21. The molecule has 2 rings (SSSR count). The fraction of sp³-hybridized carbons (Fsp3) is 0.632. The third-order valence-electron chi connectivity index (χ3n) is 5.16. The molecular weight excluding hydrogens is 398 g/mol. The molecule has 0 saturated heterocycles. The number of thiazole rings is 1. The van der Waals surface area contributed by atoms with Crippen molar-refractivity contribution in [3.8, 4) is 0 Å². The quantitative estimate of drug-likeness (QED) is 0.562. The molecule has 0 bridgehead atoms. The number of carboxylic acid groups (broad SMARTS) is 1. The lowest BCUT2D eigenvalue weighted by Crippen LogP contribution is -2.47. The first-order valence-electron chi connectivity index (χ1n) is 9.02. The summed E-state index contributed by atoms with van der Waals surface area (Å²) in [6.45, 7) is 12.6. The molecule has 156 valence electrons. The Bertz CT molecular complexity index is 778. The van der Waals surface area contributed by atoms with Crippen molar-refractivity contribution >= 4 is 40.1 Å². The van der Waals surface area contributed by atoms with Crippen molar-refractivity contribution in [1.29, 1.82) is 0 Å². The lowest BCUT2D eigenvalue weighted by molar-refractivity contribution is -0.158. The van der Waals surface area contributed by atoms with Crippen LogP contribution in [0.25, 0.3) is 0 Å². The van der Waals surface area contributed by atoms with E-state index in [0.717, 1.165) is 9.97 Å². The molecule has 1 amide bonds. The van der Waals surface area contributed by atoms with E-state index in [0.29, 0.717) is 10.9 Å².